The number of fused-ring (bicyclic) bond motifs is 3. The van der Waals surface area contributed by atoms with Crippen LogP contribution in [0.2, 0.25) is 5.02 Å². The number of carbonyl (C=O) groups is 1. The summed E-state index contributed by atoms with van der Waals surface area (Å²) in [5.41, 5.74) is 1.32. The summed E-state index contributed by atoms with van der Waals surface area (Å²) in [5.74, 6) is 0.0233. The molecule has 9 heteroatoms. The normalized spacial score (nSPS) is 11.3. The Bertz CT molecular complexity index is 1280. The predicted molar refractivity (Wildman–Crippen MR) is 107 cm³/mol. The smallest absolute Gasteiger partial charge is 0.298 e. The number of hydrogen-bond acceptors (Lipinski definition) is 5. The second-order valence-corrected chi connectivity index (χ2v) is 7.06. The van der Waals surface area contributed by atoms with Gasteiger partial charge in [-0.1, -0.05) is 17.7 Å². The minimum atomic E-state index is -0.364. The molecule has 0 N–H and O–H groups in total. The van der Waals surface area contributed by atoms with Crippen LogP contribution in [0.25, 0.3) is 27.8 Å². The Labute approximate surface area is 165 Å². The van der Waals surface area contributed by atoms with E-state index in [0.717, 1.165) is 15.6 Å². The number of aryl methyl sites for hydroxylation is 1. The monoisotopic (exact) mass is 396 g/mol. The minimum absolute atomic E-state index is 0.0400. The Morgan fingerprint density at radius 1 is 1.21 bits per heavy atom. The lowest BCUT2D eigenvalue weighted by Gasteiger charge is -2.12. The summed E-state index contributed by atoms with van der Waals surface area (Å²) >= 11 is 6.16. The second kappa shape index (κ2) is 6.72. The molecular weight excluding hydrogens is 380 g/mol. The average Bonchev–Trinajstić information content (AvgIpc) is 2.97. The minimum Gasteiger partial charge on any atom is -0.348 e. The van der Waals surface area contributed by atoms with E-state index in [1.165, 1.54) is 17.3 Å². The average molecular weight is 397 g/mol. The number of likely N-dealkylation sites (N-methyl/N-ethyl adjacent to an activating group) is 1. The van der Waals surface area contributed by atoms with Gasteiger partial charge in [-0.2, -0.15) is 9.78 Å². The molecule has 28 heavy (non-hydrogen) atoms. The molecule has 0 radical (unpaired) electrons. The summed E-state index contributed by atoms with van der Waals surface area (Å²) in [7, 11) is 5.15. The van der Waals surface area contributed by atoms with Crippen molar-refractivity contribution >= 4 is 39.3 Å². The van der Waals surface area contributed by atoms with Crippen LogP contribution in [0.5, 0.6) is 0 Å². The van der Waals surface area contributed by atoms with Crippen molar-refractivity contribution < 1.29 is 4.79 Å². The SMILES string of the molecule is CN(C)C(=O)Cc1nn(-c2ncccn2)c(=O)c2c1c1ccc(Cl)cc1n2C. The summed E-state index contributed by atoms with van der Waals surface area (Å²) in [6.45, 7) is 0. The van der Waals surface area contributed by atoms with Gasteiger partial charge in [0.25, 0.3) is 11.5 Å². The molecule has 8 nitrogen and oxygen atoms in total. The zero-order valence-electron chi connectivity index (χ0n) is 15.5. The van der Waals surface area contributed by atoms with E-state index in [2.05, 4.69) is 15.1 Å². The molecule has 142 valence electrons. The van der Waals surface area contributed by atoms with Crippen LogP contribution < -0.4 is 5.56 Å². The van der Waals surface area contributed by atoms with Crippen LogP contribution in [-0.2, 0) is 18.3 Å². The lowest BCUT2D eigenvalue weighted by atomic mass is 10.1. The fraction of sp³-hybridized carbons (Fsp3) is 0.211. The predicted octanol–water partition coefficient (Wildman–Crippen LogP) is 1.95. The lowest BCUT2D eigenvalue weighted by Crippen LogP contribution is -2.29. The van der Waals surface area contributed by atoms with Crippen LogP contribution in [0.3, 0.4) is 0 Å². The Morgan fingerprint density at radius 2 is 1.93 bits per heavy atom. The highest BCUT2D eigenvalue weighted by molar-refractivity contribution is 6.31. The molecular formula is C19H17ClN6O2. The third-order valence-corrected chi connectivity index (χ3v) is 4.86. The highest BCUT2D eigenvalue weighted by atomic mass is 35.5. The second-order valence-electron chi connectivity index (χ2n) is 6.62. The van der Waals surface area contributed by atoms with Gasteiger partial charge in [-0.3, -0.25) is 9.59 Å². The Kier molecular flexibility index (Phi) is 4.35. The number of rotatable bonds is 3. The standard InChI is InChI=1S/C19H17ClN6O2/c1-24(2)15(27)10-13-16-12-6-5-11(20)9-14(12)25(3)17(16)18(28)26(23-13)19-21-7-4-8-22-19/h4-9H,10H2,1-3H3. The van der Waals surface area contributed by atoms with Gasteiger partial charge in [0.2, 0.25) is 5.91 Å². The van der Waals surface area contributed by atoms with Crippen molar-refractivity contribution in [3.8, 4) is 5.95 Å². The Morgan fingerprint density at radius 3 is 2.61 bits per heavy atom. The largest absolute Gasteiger partial charge is 0.348 e. The summed E-state index contributed by atoms with van der Waals surface area (Å²) in [5, 5.41) is 6.48. The van der Waals surface area contributed by atoms with Gasteiger partial charge in [0.15, 0.2) is 0 Å². The number of carbonyl (C=O) groups excluding carboxylic acids is 1. The van der Waals surface area contributed by atoms with Crippen molar-refractivity contribution in [3.63, 3.8) is 0 Å². The maximum absolute atomic E-state index is 13.2. The zero-order chi connectivity index (χ0) is 20.0. The van der Waals surface area contributed by atoms with Gasteiger partial charge in [-0.15, -0.1) is 0 Å². The molecule has 0 aliphatic carbocycles. The summed E-state index contributed by atoms with van der Waals surface area (Å²) in [6, 6.07) is 7.04. The fourth-order valence-corrected chi connectivity index (χ4v) is 3.40. The molecule has 0 saturated carbocycles. The molecule has 4 rings (SSSR count). The molecule has 0 unspecified atom stereocenters. The van der Waals surface area contributed by atoms with E-state index in [9.17, 15) is 9.59 Å². The molecule has 0 saturated heterocycles. The van der Waals surface area contributed by atoms with Gasteiger partial charge in [-0.25, -0.2) is 9.97 Å². The molecule has 0 spiro atoms. The van der Waals surface area contributed by atoms with Crippen LogP contribution in [0.15, 0.2) is 41.5 Å². The van der Waals surface area contributed by atoms with E-state index in [-0.39, 0.29) is 23.8 Å². The quantitative estimate of drug-likeness (QED) is 0.528. The van der Waals surface area contributed by atoms with Crippen LogP contribution in [0.1, 0.15) is 5.69 Å². The molecule has 0 aliphatic rings. The number of benzene rings is 1. The van der Waals surface area contributed by atoms with Crippen molar-refractivity contribution in [1.82, 2.24) is 29.2 Å². The van der Waals surface area contributed by atoms with E-state index in [1.54, 1.807) is 43.9 Å². The van der Waals surface area contributed by atoms with Crippen molar-refractivity contribution in [2.24, 2.45) is 7.05 Å². The molecule has 0 atom stereocenters. The first-order chi connectivity index (χ1) is 13.4. The number of halogens is 1. The maximum Gasteiger partial charge on any atom is 0.298 e. The summed E-state index contributed by atoms with van der Waals surface area (Å²) < 4.78 is 2.91. The maximum atomic E-state index is 13.2. The molecule has 0 fully saturated rings. The highest BCUT2D eigenvalue weighted by Gasteiger charge is 2.22. The van der Waals surface area contributed by atoms with Gasteiger partial charge in [0, 0.05) is 49.3 Å². The first kappa shape index (κ1) is 18.1. The van der Waals surface area contributed by atoms with Gasteiger partial charge < -0.3 is 9.47 Å². The van der Waals surface area contributed by atoms with Crippen LogP contribution >= 0.6 is 11.6 Å². The van der Waals surface area contributed by atoms with E-state index in [4.69, 9.17) is 11.6 Å². The van der Waals surface area contributed by atoms with Crippen molar-refractivity contribution in [3.05, 3.63) is 57.7 Å². The number of amides is 1. The summed E-state index contributed by atoms with van der Waals surface area (Å²) in [6.07, 6.45) is 3.11. The zero-order valence-corrected chi connectivity index (χ0v) is 16.3. The van der Waals surface area contributed by atoms with Crippen molar-refractivity contribution in [1.29, 1.82) is 0 Å². The molecule has 1 amide bonds. The third-order valence-electron chi connectivity index (χ3n) is 4.63. The third kappa shape index (κ3) is 2.82. The van der Waals surface area contributed by atoms with Gasteiger partial charge >= 0.3 is 0 Å². The number of nitrogens with zero attached hydrogens (tertiary/aromatic N) is 6. The van der Waals surface area contributed by atoms with E-state index < -0.39 is 0 Å². The van der Waals surface area contributed by atoms with Gasteiger partial charge in [0.05, 0.1) is 17.6 Å². The van der Waals surface area contributed by atoms with Crippen LogP contribution in [0.4, 0.5) is 0 Å². The van der Waals surface area contributed by atoms with E-state index >= 15 is 0 Å². The van der Waals surface area contributed by atoms with Gasteiger partial charge in [-0.05, 0) is 18.2 Å². The molecule has 0 aliphatic heterocycles. The highest BCUT2D eigenvalue weighted by Crippen LogP contribution is 2.30. The molecule has 3 heterocycles. The summed E-state index contributed by atoms with van der Waals surface area (Å²) in [4.78, 5) is 35.4. The van der Waals surface area contributed by atoms with Crippen molar-refractivity contribution in [2.45, 2.75) is 6.42 Å². The van der Waals surface area contributed by atoms with E-state index in [0.29, 0.717) is 21.6 Å². The van der Waals surface area contributed by atoms with Crippen LogP contribution in [0, 0.1) is 0 Å². The Balaban J connectivity index is 2.13. The molecule has 4 aromatic rings. The number of hydrogen-bond donors (Lipinski definition) is 0. The van der Waals surface area contributed by atoms with Gasteiger partial charge in [0.1, 0.15) is 5.52 Å². The first-order valence-electron chi connectivity index (χ1n) is 8.56. The molecule has 3 aromatic heterocycles. The Hall–Kier alpha value is -3.26. The molecule has 0 bridgehead atoms. The fourth-order valence-electron chi connectivity index (χ4n) is 3.23. The number of aromatic nitrogens is 5. The van der Waals surface area contributed by atoms with E-state index in [1.807, 2.05) is 6.07 Å². The first-order valence-corrected chi connectivity index (χ1v) is 8.93. The molecule has 1 aromatic carbocycles. The lowest BCUT2D eigenvalue weighted by molar-refractivity contribution is -0.128. The van der Waals surface area contributed by atoms with Crippen molar-refractivity contribution in [2.75, 3.05) is 14.1 Å². The topological polar surface area (TPSA) is 85.9 Å². The van der Waals surface area contributed by atoms with Crippen LogP contribution in [-0.4, -0.2) is 49.2 Å².